The van der Waals surface area contributed by atoms with Gasteiger partial charge < -0.3 is 0 Å². The summed E-state index contributed by atoms with van der Waals surface area (Å²) in [5.41, 5.74) is -0.671. The Morgan fingerprint density at radius 3 is 2.21 bits per heavy atom. The Morgan fingerprint density at radius 1 is 1.10 bits per heavy atom. The van der Waals surface area contributed by atoms with Gasteiger partial charge in [-0.2, -0.15) is 0 Å². The van der Waals surface area contributed by atoms with Crippen molar-refractivity contribution in [1.29, 1.82) is 0 Å². The second-order valence-corrected chi connectivity index (χ2v) is 16.9. The van der Waals surface area contributed by atoms with Crippen molar-refractivity contribution in [2.75, 3.05) is 6.61 Å². The van der Waals surface area contributed by atoms with Crippen molar-refractivity contribution in [3.8, 4) is 0 Å². The quantitative estimate of drug-likeness (QED) is 0.594. The van der Waals surface area contributed by atoms with Gasteiger partial charge in [-0.15, -0.1) is 0 Å². The van der Waals surface area contributed by atoms with Gasteiger partial charge in [-0.05, 0) is 0 Å². The predicted molar refractivity (Wildman–Crippen MR) is 120 cm³/mol. The molecule has 0 spiro atoms. The molecule has 1 aliphatic rings. The molecule has 29 heavy (non-hydrogen) atoms. The van der Waals surface area contributed by atoms with E-state index in [2.05, 4.69) is 33.9 Å². The molecule has 1 aromatic carbocycles. The first kappa shape index (κ1) is 23.9. The first-order valence-corrected chi connectivity index (χ1v) is 14.5. The van der Waals surface area contributed by atoms with Crippen LogP contribution in [0.15, 0.2) is 40.9 Å². The Kier molecular flexibility index (Phi) is 7.21. The van der Waals surface area contributed by atoms with E-state index in [9.17, 15) is 9.59 Å². The van der Waals surface area contributed by atoms with Gasteiger partial charge in [-0.25, -0.2) is 0 Å². The number of benzene rings is 1. The molecule has 0 saturated heterocycles. The van der Waals surface area contributed by atoms with E-state index in [1.165, 1.54) is 4.90 Å². The normalized spacial score (nSPS) is 18.1. The van der Waals surface area contributed by atoms with E-state index in [4.69, 9.17) is 9.16 Å². The molecule has 5 nitrogen and oxygen atoms in total. The van der Waals surface area contributed by atoms with Crippen molar-refractivity contribution in [1.82, 2.24) is 4.90 Å². The Balaban J connectivity index is 2.25. The number of ether oxygens (including phenoxy) is 1. The fourth-order valence-corrected chi connectivity index (χ4v) is 5.48. The van der Waals surface area contributed by atoms with Gasteiger partial charge in [0.1, 0.15) is 0 Å². The molecule has 160 valence electrons. The predicted octanol–water partition coefficient (Wildman–Crippen LogP) is 4.07. The summed E-state index contributed by atoms with van der Waals surface area (Å²) >= 11 is -0.176. The third-order valence-corrected chi connectivity index (χ3v) is 11.8. The van der Waals surface area contributed by atoms with Crippen LogP contribution in [0.4, 0.5) is 4.79 Å². The summed E-state index contributed by atoms with van der Waals surface area (Å²) < 4.78 is 13.6. The number of amides is 2. The molecule has 2 amide bonds. The second-order valence-electron chi connectivity index (χ2n) is 9.74. The summed E-state index contributed by atoms with van der Waals surface area (Å²) in [7, 11) is -2.02. The number of nitrogens with zero attached hydrogens (tertiary/aromatic N) is 1. The fourth-order valence-electron chi connectivity index (χ4n) is 2.45. The van der Waals surface area contributed by atoms with E-state index >= 15 is 0 Å². The molecule has 1 aromatic rings. The molecule has 0 N–H and O–H groups in total. The minimum atomic E-state index is -2.02. The zero-order chi connectivity index (χ0) is 22.0. The number of rotatable bonds is 5. The van der Waals surface area contributed by atoms with E-state index < -0.39 is 26.1 Å². The monoisotopic (exact) mass is 483 g/mol. The Hall–Kier alpha value is -1.40. The van der Waals surface area contributed by atoms with Gasteiger partial charge in [0.15, 0.2) is 0 Å². The number of imide groups is 1. The maximum atomic E-state index is 13.1. The molecule has 0 bridgehead atoms. The van der Waals surface area contributed by atoms with E-state index in [0.29, 0.717) is 11.1 Å². The van der Waals surface area contributed by atoms with Crippen LogP contribution in [0.3, 0.4) is 0 Å². The van der Waals surface area contributed by atoms with Gasteiger partial charge in [0, 0.05) is 0 Å². The summed E-state index contributed by atoms with van der Waals surface area (Å²) in [5, 5.41) is 0.0485. The first-order valence-electron chi connectivity index (χ1n) is 9.86. The molecule has 0 radical (unpaired) electrons. The van der Waals surface area contributed by atoms with Gasteiger partial charge >= 0.3 is 182 Å². The summed E-state index contributed by atoms with van der Waals surface area (Å²) in [6.45, 7) is 16.5. The molecule has 1 atom stereocenters. The third kappa shape index (κ3) is 6.29. The van der Waals surface area contributed by atoms with Gasteiger partial charge in [0.25, 0.3) is 0 Å². The van der Waals surface area contributed by atoms with Crippen LogP contribution in [0.2, 0.25) is 18.1 Å². The Labute approximate surface area is 182 Å². The van der Waals surface area contributed by atoms with Crippen molar-refractivity contribution in [2.24, 2.45) is 0 Å². The zero-order valence-corrected chi connectivity index (χ0v) is 21.5. The van der Waals surface area contributed by atoms with Gasteiger partial charge in [0.2, 0.25) is 0 Å². The topological polar surface area (TPSA) is 55.8 Å². The second kappa shape index (κ2) is 8.76. The SMILES string of the molecule is CC(C)(C)OC(=O)N1C(=O)C([Se]c2ccccc2)=C[C@H]1CO[Si](C)(C)C(C)(C)C. The van der Waals surface area contributed by atoms with E-state index in [1.54, 1.807) is 20.8 Å². The zero-order valence-electron chi connectivity index (χ0n) is 18.7. The average molecular weight is 483 g/mol. The third-order valence-electron chi connectivity index (χ3n) is 5.09. The molecular weight excluding hydrogens is 449 g/mol. The van der Waals surface area contributed by atoms with Crippen LogP contribution in [-0.4, -0.2) is 58.4 Å². The molecule has 0 saturated carbocycles. The molecule has 2 rings (SSSR count). The van der Waals surface area contributed by atoms with Crippen molar-refractivity contribution >= 4 is 39.7 Å². The molecule has 1 heterocycles. The molecule has 0 aromatic heterocycles. The fraction of sp³-hybridized carbons (Fsp3) is 0.545. The minimum absolute atomic E-state index is 0.0485. The number of hydrogen-bond donors (Lipinski definition) is 0. The average Bonchev–Trinajstić information content (AvgIpc) is 2.87. The van der Waals surface area contributed by atoms with Crippen LogP contribution in [0.5, 0.6) is 0 Å². The standard InChI is InChI=1S/C22H33NO4SeSi/c1-21(2,3)27-20(25)23-16(15-26-29(7,8)22(4,5)6)14-18(19(23)24)28-17-12-10-9-11-13-17/h9-14,16H,15H2,1-8H3/t16-/m0/s1. The van der Waals surface area contributed by atoms with Crippen molar-refractivity contribution < 1.29 is 18.8 Å². The van der Waals surface area contributed by atoms with Crippen LogP contribution < -0.4 is 4.46 Å². The Morgan fingerprint density at radius 2 is 1.69 bits per heavy atom. The molecular formula is C22H33NO4SeSi. The van der Waals surface area contributed by atoms with Gasteiger partial charge in [-0.1, -0.05) is 0 Å². The first-order chi connectivity index (χ1) is 13.2. The molecule has 7 heteroatoms. The van der Waals surface area contributed by atoms with Crippen molar-refractivity contribution in [2.45, 2.75) is 71.3 Å². The Bertz CT molecular complexity index is 778. The summed E-state index contributed by atoms with van der Waals surface area (Å²) in [5.74, 6) is -0.271. The van der Waals surface area contributed by atoms with Crippen LogP contribution in [0.1, 0.15) is 41.5 Å². The summed E-state index contributed by atoms with van der Waals surface area (Å²) in [4.78, 5) is 27.1. The van der Waals surface area contributed by atoms with Crippen molar-refractivity contribution in [3.63, 3.8) is 0 Å². The number of hydrogen-bond acceptors (Lipinski definition) is 4. The maximum absolute atomic E-state index is 13.1. The molecule has 0 unspecified atom stereocenters. The van der Waals surface area contributed by atoms with Crippen LogP contribution in [-0.2, 0) is 14.0 Å². The summed E-state index contributed by atoms with van der Waals surface area (Å²) in [6, 6.07) is 9.44. The van der Waals surface area contributed by atoms with Crippen molar-refractivity contribution in [3.05, 3.63) is 40.9 Å². The van der Waals surface area contributed by atoms with Gasteiger partial charge in [0.05, 0.1) is 0 Å². The molecule has 0 aliphatic carbocycles. The van der Waals surface area contributed by atoms with Crippen LogP contribution in [0, 0.1) is 0 Å². The summed E-state index contributed by atoms with van der Waals surface area (Å²) in [6.07, 6.45) is 1.29. The van der Waals surface area contributed by atoms with E-state index in [1.807, 2.05) is 36.4 Å². The number of carbonyl (C=O) groups excluding carboxylic acids is 2. The van der Waals surface area contributed by atoms with Gasteiger partial charge in [-0.3, -0.25) is 0 Å². The van der Waals surface area contributed by atoms with E-state index in [-0.39, 0.29) is 25.9 Å². The van der Waals surface area contributed by atoms with E-state index in [0.717, 1.165) is 4.46 Å². The van der Waals surface area contributed by atoms with Crippen LogP contribution in [0.25, 0.3) is 0 Å². The molecule has 1 aliphatic heterocycles. The molecule has 0 fully saturated rings. The number of carbonyl (C=O) groups is 2. The van der Waals surface area contributed by atoms with Crippen LogP contribution >= 0.6 is 0 Å².